The highest BCUT2D eigenvalue weighted by Crippen LogP contribution is 2.33. The van der Waals surface area contributed by atoms with Gasteiger partial charge in [0.05, 0.1) is 36.3 Å². The van der Waals surface area contributed by atoms with Crippen LogP contribution in [0, 0.1) is 0 Å². The van der Waals surface area contributed by atoms with Crippen molar-refractivity contribution >= 4 is 22.0 Å². The Bertz CT molecular complexity index is 995. The van der Waals surface area contributed by atoms with Crippen molar-refractivity contribution in [1.29, 1.82) is 0 Å². The van der Waals surface area contributed by atoms with Gasteiger partial charge in [-0.2, -0.15) is 4.31 Å². The minimum Gasteiger partial charge on any atom is -0.465 e. The van der Waals surface area contributed by atoms with Crippen molar-refractivity contribution in [2.75, 3.05) is 20.8 Å². The molecule has 8 nitrogen and oxygen atoms in total. The van der Waals surface area contributed by atoms with Gasteiger partial charge >= 0.3 is 11.9 Å². The van der Waals surface area contributed by atoms with E-state index in [2.05, 4.69) is 4.74 Å². The van der Waals surface area contributed by atoms with Gasteiger partial charge in [0.25, 0.3) is 0 Å². The Morgan fingerprint density at radius 1 is 1.07 bits per heavy atom. The lowest BCUT2D eigenvalue weighted by molar-refractivity contribution is 0.0583. The molecule has 27 heavy (non-hydrogen) atoms. The van der Waals surface area contributed by atoms with E-state index in [1.54, 1.807) is 6.92 Å². The van der Waals surface area contributed by atoms with Crippen molar-refractivity contribution in [2.24, 2.45) is 0 Å². The molecule has 0 saturated heterocycles. The third kappa shape index (κ3) is 3.24. The second kappa shape index (κ2) is 7.16. The van der Waals surface area contributed by atoms with Crippen LogP contribution in [0.5, 0.6) is 0 Å². The number of sulfonamides is 1. The maximum atomic E-state index is 13.4. The maximum absolute atomic E-state index is 13.4. The number of aromatic nitrogens is 1. The van der Waals surface area contributed by atoms with E-state index >= 15 is 0 Å². The smallest absolute Gasteiger partial charge is 0.339 e. The Balaban J connectivity index is 2.12. The predicted octanol–water partition coefficient (Wildman–Crippen LogP) is 1.83. The zero-order valence-electron chi connectivity index (χ0n) is 15.2. The van der Waals surface area contributed by atoms with Crippen LogP contribution in [0.15, 0.2) is 41.4 Å². The number of benzene rings is 1. The number of nitrogens with zero attached hydrogens (tertiary/aromatic N) is 2. The highest BCUT2D eigenvalue weighted by atomic mass is 32.2. The standard InChI is InChI=1S/C18H20N2O6S/c1-12-15-5-4-8-19(15)9-10-20(12)27(23,24)16-11-13(17(21)25-2)6-7-14(16)18(22)26-3/h4-8,11-12H,9-10H2,1-3H3. The van der Waals surface area contributed by atoms with E-state index < -0.39 is 28.0 Å². The van der Waals surface area contributed by atoms with Crippen molar-refractivity contribution in [1.82, 2.24) is 8.87 Å². The SMILES string of the molecule is COC(=O)c1ccc(C(=O)OC)c(S(=O)(=O)N2CCn3cccc3C2C)c1. The highest BCUT2D eigenvalue weighted by Gasteiger charge is 2.36. The van der Waals surface area contributed by atoms with E-state index in [-0.39, 0.29) is 22.6 Å². The Hall–Kier alpha value is -2.65. The normalized spacial score (nSPS) is 17.2. The lowest BCUT2D eigenvalue weighted by Gasteiger charge is -2.34. The number of hydrogen-bond acceptors (Lipinski definition) is 6. The average molecular weight is 392 g/mol. The second-order valence-corrected chi connectivity index (χ2v) is 7.97. The summed E-state index contributed by atoms with van der Waals surface area (Å²) in [7, 11) is -1.70. The quantitative estimate of drug-likeness (QED) is 0.737. The summed E-state index contributed by atoms with van der Waals surface area (Å²) < 4.78 is 39.5. The predicted molar refractivity (Wildman–Crippen MR) is 95.9 cm³/mol. The Morgan fingerprint density at radius 2 is 1.78 bits per heavy atom. The third-order valence-corrected chi connectivity index (χ3v) is 6.69. The van der Waals surface area contributed by atoms with Gasteiger partial charge < -0.3 is 14.0 Å². The van der Waals surface area contributed by atoms with E-state index in [0.717, 1.165) is 11.8 Å². The Labute approximate surface area is 157 Å². The molecule has 2 aromatic rings. The lowest BCUT2D eigenvalue weighted by atomic mass is 10.1. The van der Waals surface area contributed by atoms with Crippen molar-refractivity contribution in [2.45, 2.75) is 24.4 Å². The molecular weight excluding hydrogens is 372 g/mol. The fourth-order valence-corrected chi connectivity index (χ4v) is 5.08. The number of fused-ring (bicyclic) bond motifs is 1. The number of methoxy groups -OCH3 is 2. The zero-order chi connectivity index (χ0) is 19.8. The van der Waals surface area contributed by atoms with Crippen molar-refractivity contribution in [3.63, 3.8) is 0 Å². The highest BCUT2D eigenvalue weighted by molar-refractivity contribution is 7.89. The topological polar surface area (TPSA) is 94.9 Å². The molecule has 1 atom stereocenters. The number of hydrogen-bond donors (Lipinski definition) is 0. The molecule has 144 valence electrons. The van der Waals surface area contributed by atoms with Gasteiger partial charge in [-0.1, -0.05) is 0 Å². The van der Waals surface area contributed by atoms with E-state index in [1.807, 2.05) is 22.9 Å². The van der Waals surface area contributed by atoms with Gasteiger partial charge in [-0.15, -0.1) is 0 Å². The molecule has 1 aromatic carbocycles. The first-order valence-corrected chi connectivity index (χ1v) is 9.72. The zero-order valence-corrected chi connectivity index (χ0v) is 16.0. The van der Waals surface area contributed by atoms with E-state index in [4.69, 9.17) is 4.74 Å². The van der Waals surface area contributed by atoms with Gasteiger partial charge in [0.15, 0.2) is 0 Å². The van der Waals surface area contributed by atoms with Crippen molar-refractivity contribution < 1.29 is 27.5 Å². The molecule has 0 spiro atoms. The fraction of sp³-hybridized carbons (Fsp3) is 0.333. The molecule has 0 fully saturated rings. The number of esters is 2. The summed E-state index contributed by atoms with van der Waals surface area (Å²) in [5.74, 6) is -1.48. The molecule has 9 heteroatoms. The van der Waals surface area contributed by atoms with Crippen LogP contribution in [0.2, 0.25) is 0 Å². The van der Waals surface area contributed by atoms with Gasteiger partial charge in [-0.3, -0.25) is 0 Å². The number of rotatable bonds is 4. The minimum absolute atomic E-state index is 0.0387. The van der Waals surface area contributed by atoms with E-state index in [9.17, 15) is 18.0 Å². The lowest BCUT2D eigenvalue weighted by Crippen LogP contribution is -2.41. The van der Waals surface area contributed by atoms with Crippen LogP contribution in [-0.2, 0) is 26.0 Å². The molecule has 1 aliphatic heterocycles. The fourth-order valence-electron chi connectivity index (χ4n) is 3.27. The van der Waals surface area contributed by atoms with Gasteiger partial charge in [-0.05, 0) is 37.3 Å². The number of carbonyl (C=O) groups excluding carboxylic acids is 2. The molecule has 2 heterocycles. The minimum atomic E-state index is -4.07. The van der Waals surface area contributed by atoms with Gasteiger partial charge in [-0.25, -0.2) is 18.0 Å². The molecule has 3 rings (SSSR count). The van der Waals surface area contributed by atoms with Crippen LogP contribution >= 0.6 is 0 Å². The molecule has 1 unspecified atom stereocenters. The number of ether oxygens (including phenoxy) is 2. The summed E-state index contributed by atoms with van der Waals surface area (Å²) in [5.41, 5.74) is 0.767. The molecule has 0 bridgehead atoms. The number of carbonyl (C=O) groups is 2. The van der Waals surface area contributed by atoms with Gasteiger partial charge in [0, 0.05) is 25.0 Å². The summed E-state index contributed by atoms with van der Waals surface area (Å²) in [6, 6.07) is 7.06. The monoisotopic (exact) mass is 392 g/mol. The first-order chi connectivity index (χ1) is 12.8. The van der Waals surface area contributed by atoms with Gasteiger partial charge in [0.2, 0.25) is 10.0 Å². The van der Waals surface area contributed by atoms with Crippen LogP contribution in [0.25, 0.3) is 0 Å². The average Bonchev–Trinajstić information content (AvgIpc) is 3.16. The summed E-state index contributed by atoms with van der Waals surface area (Å²) >= 11 is 0. The first kappa shape index (κ1) is 19.1. The molecule has 0 saturated carbocycles. The Morgan fingerprint density at radius 3 is 2.44 bits per heavy atom. The van der Waals surface area contributed by atoms with Crippen LogP contribution in [-0.4, -0.2) is 50.0 Å². The summed E-state index contributed by atoms with van der Waals surface area (Å²) in [5, 5.41) is 0. The van der Waals surface area contributed by atoms with Crippen LogP contribution in [0.4, 0.5) is 0 Å². The second-order valence-electron chi connectivity index (χ2n) is 6.11. The molecular formula is C18H20N2O6S. The van der Waals surface area contributed by atoms with Crippen LogP contribution in [0.3, 0.4) is 0 Å². The maximum Gasteiger partial charge on any atom is 0.339 e. The van der Waals surface area contributed by atoms with E-state index in [1.165, 1.54) is 30.7 Å². The molecule has 1 aromatic heterocycles. The van der Waals surface area contributed by atoms with Crippen molar-refractivity contribution in [3.05, 3.63) is 53.3 Å². The summed E-state index contributed by atoms with van der Waals surface area (Å²) in [4.78, 5) is 23.7. The van der Waals surface area contributed by atoms with Gasteiger partial charge in [0.1, 0.15) is 0 Å². The molecule has 1 aliphatic rings. The molecule has 0 N–H and O–H groups in total. The molecule has 0 radical (unpaired) electrons. The summed E-state index contributed by atoms with van der Waals surface area (Å²) in [6.45, 7) is 2.52. The first-order valence-electron chi connectivity index (χ1n) is 8.28. The Kier molecular flexibility index (Phi) is 5.07. The third-order valence-electron chi connectivity index (χ3n) is 4.68. The van der Waals surface area contributed by atoms with Crippen molar-refractivity contribution in [3.8, 4) is 0 Å². The van der Waals surface area contributed by atoms with Crippen LogP contribution in [0.1, 0.15) is 39.4 Å². The molecule has 0 amide bonds. The largest absolute Gasteiger partial charge is 0.465 e. The molecule has 0 aliphatic carbocycles. The van der Waals surface area contributed by atoms with Crippen LogP contribution < -0.4 is 0 Å². The summed E-state index contributed by atoms with van der Waals surface area (Å²) in [6.07, 6.45) is 1.90. The van der Waals surface area contributed by atoms with E-state index in [0.29, 0.717) is 6.54 Å².